The van der Waals surface area contributed by atoms with Crippen molar-refractivity contribution < 1.29 is 9.53 Å². The molecule has 94 valence electrons. The molecule has 1 unspecified atom stereocenters. The molecule has 0 aliphatic carbocycles. The van der Waals surface area contributed by atoms with Crippen molar-refractivity contribution in [3.05, 3.63) is 28.0 Å². The summed E-state index contributed by atoms with van der Waals surface area (Å²) in [5.74, 6) is -0.166. The topological polar surface area (TPSA) is 42.4 Å². The van der Waals surface area contributed by atoms with Gasteiger partial charge in [0.15, 0.2) is 0 Å². The summed E-state index contributed by atoms with van der Waals surface area (Å²) in [6.45, 7) is 2.36. The number of methoxy groups -OCH3 is 1. The summed E-state index contributed by atoms with van der Waals surface area (Å²) in [6, 6.07) is 2.95. The highest BCUT2D eigenvalue weighted by atomic mass is 35.5. The number of carbonyl (C=O) groups excluding carboxylic acids is 1. The molecule has 4 nitrogen and oxygen atoms in total. The number of carbonyl (C=O) groups is 1. The van der Waals surface area contributed by atoms with Crippen LogP contribution in [0.5, 0.6) is 0 Å². The van der Waals surface area contributed by atoms with Crippen LogP contribution in [0.25, 0.3) is 0 Å². The Morgan fingerprint density at radius 3 is 2.47 bits per heavy atom. The fourth-order valence-electron chi connectivity index (χ4n) is 1.35. The van der Waals surface area contributed by atoms with Crippen LogP contribution in [0, 0.1) is 0 Å². The number of halogens is 2. The Bertz CT molecular complexity index is 392. The first-order valence-corrected chi connectivity index (χ1v) is 5.80. The van der Waals surface area contributed by atoms with Crippen molar-refractivity contribution in [3.63, 3.8) is 0 Å². The fourth-order valence-corrected chi connectivity index (χ4v) is 1.81. The number of hydrogen-bond acceptors (Lipinski definition) is 3. The highest BCUT2D eigenvalue weighted by Crippen LogP contribution is 2.16. The van der Waals surface area contributed by atoms with Gasteiger partial charge in [0.2, 0.25) is 0 Å². The van der Waals surface area contributed by atoms with Crippen LogP contribution in [0.1, 0.15) is 17.3 Å². The lowest BCUT2D eigenvalue weighted by Crippen LogP contribution is -2.37. The predicted molar refractivity (Wildman–Crippen MR) is 67.7 cm³/mol. The summed E-state index contributed by atoms with van der Waals surface area (Å²) in [4.78, 5) is 17.5. The Hall–Kier alpha value is -0.840. The van der Waals surface area contributed by atoms with Crippen molar-refractivity contribution in [1.29, 1.82) is 0 Å². The first-order chi connectivity index (χ1) is 7.95. The molecule has 0 spiro atoms. The predicted octanol–water partition coefficient (Wildman–Crippen LogP) is 2.50. The van der Waals surface area contributed by atoms with Gasteiger partial charge in [0.1, 0.15) is 10.3 Å². The molecule has 0 aliphatic rings. The zero-order valence-corrected chi connectivity index (χ0v) is 11.4. The minimum Gasteiger partial charge on any atom is -0.383 e. The zero-order valence-electron chi connectivity index (χ0n) is 9.91. The monoisotopic (exact) mass is 276 g/mol. The molecule has 0 fully saturated rings. The molecule has 1 amide bonds. The first-order valence-electron chi connectivity index (χ1n) is 5.05. The van der Waals surface area contributed by atoms with Gasteiger partial charge in [0.05, 0.1) is 12.6 Å². The third-order valence-corrected chi connectivity index (χ3v) is 2.79. The van der Waals surface area contributed by atoms with E-state index in [4.69, 9.17) is 27.9 Å². The molecule has 0 aromatic carbocycles. The highest BCUT2D eigenvalue weighted by Gasteiger charge is 2.18. The van der Waals surface area contributed by atoms with Crippen LogP contribution in [-0.2, 0) is 4.74 Å². The number of aromatic nitrogens is 1. The number of likely N-dealkylation sites (N-methyl/N-ethyl adjacent to an activating group) is 1. The van der Waals surface area contributed by atoms with Crippen LogP contribution in [0.4, 0.5) is 0 Å². The molecular weight excluding hydrogens is 263 g/mol. The van der Waals surface area contributed by atoms with Gasteiger partial charge in [-0.1, -0.05) is 23.2 Å². The molecule has 17 heavy (non-hydrogen) atoms. The van der Waals surface area contributed by atoms with Crippen molar-refractivity contribution in [3.8, 4) is 0 Å². The number of nitrogens with zero attached hydrogens (tertiary/aromatic N) is 2. The van der Waals surface area contributed by atoms with E-state index in [0.29, 0.717) is 12.2 Å². The van der Waals surface area contributed by atoms with Gasteiger partial charge >= 0.3 is 0 Å². The molecule has 1 aromatic rings. The van der Waals surface area contributed by atoms with Crippen LogP contribution in [0.3, 0.4) is 0 Å². The Morgan fingerprint density at radius 2 is 2.00 bits per heavy atom. The van der Waals surface area contributed by atoms with E-state index in [-0.39, 0.29) is 22.3 Å². The molecule has 0 radical (unpaired) electrons. The van der Waals surface area contributed by atoms with Gasteiger partial charge in [-0.15, -0.1) is 0 Å². The van der Waals surface area contributed by atoms with Crippen LogP contribution in [0.15, 0.2) is 12.1 Å². The molecule has 0 saturated carbocycles. The molecule has 0 N–H and O–H groups in total. The average Bonchev–Trinajstić information content (AvgIpc) is 2.26. The fraction of sp³-hybridized carbons (Fsp3) is 0.455. The Balaban J connectivity index is 2.88. The van der Waals surface area contributed by atoms with Gasteiger partial charge in [-0.2, -0.15) is 0 Å². The zero-order chi connectivity index (χ0) is 13.0. The van der Waals surface area contributed by atoms with Crippen LogP contribution < -0.4 is 0 Å². The third-order valence-electron chi connectivity index (χ3n) is 2.40. The lowest BCUT2D eigenvalue weighted by atomic mass is 10.2. The van der Waals surface area contributed by atoms with Crippen LogP contribution >= 0.6 is 23.2 Å². The Labute approximate surface area is 110 Å². The van der Waals surface area contributed by atoms with Crippen LogP contribution in [0.2, 0.25) is 10.3 Å². The maximum absolute atomic E-state index is 12.1. The van der Waals surface area contributed by atoms with E-state index in [1.54, 1.807) is 19.1 Å². The summed E-state index contributed by atoms with van der Waals surface area (Å²) >= 11 is 11.5. The summed E-state index contributed by atoms with van der Waals surface area (Å²) in [5.41, 5.74) is 0.417. The molecule has 1 heterocycles. The van der Waals surface area contributed by atoms with E-state index >= 15 is 0 Å². The van der Waals surface area contributed by atoms with E-state index < -0.39 is 0 Å². The van der Waals surface area contributed by atoms with E-state index in [1.165, 1.54) is 12.1 Å². The molecule has 1 atom stereocenters. The Kier molecular flexibility index (Phi) is 5.18. The Morgan fingerprint density at radius 1 is 1.47 bits per heavy atom. The number of hydrogen-bond donors (Lipinski definition) is 0. The molecular formula is C11H14Cl2N2O2. The van der Waals surface area contributed by atoms with Crippen molar-refractivity contribution >= 4 is 29.1 Å². The first kappa shape index (κ1) is 14.2. The second kappa shape index (κ2) is 6.19. The molecule has 1 rings (SSSR count). The molecule has 6 heteroatoms. The normalized spacial score (nSPS) is 12.3. The van der Waals surface area contributed by atoms with E-state index in [1.807, 2.05) is 6.92 Å². The third kappa shape index (κ3) is 3.84. The summed E-state index contributed by atoms with van der Waals surface area (Å²) in [7, 11) is 3.29. The van der Waals surface area contributed by atoms with Crippen molar-refractivity contribution in [1.82, 2.24) is 9.88 Å². The maximum Gasteiger partial charge on any atom is 0.254 e. The van der Waals surface area contributed by atoms with Crippen molar-refractivity contribution in [2.75, 3.05) is 20.8 Å². The molecule has 1 aromatic heterocycles. The number of amides is 1. The van der Waals surface area contributed by atoms with E-state index in [9.17, 15) is 4.79 Å². The van der Waals surface area contributed by atoms with Crippen molar-refractivity contribution in [2.45, 2.75) is 13.0 Å². The van der Waals surface area contributed by atoms with Crippen LogP contribution in [-0.4, -0.2) is 42.6 Å². The van der Waals surface area contributed by atoms with E-state index in [2.05, 4.69) is 4.98 Å². The minimum atomic E-state index is -0.166. The molecule has 0 aliphatic heterocycles. The summed E-state index contributed by atoms with van der Waals surface area (Å²) < 4.78 is 5.00. The van der Waals surface area contributed by atoms with Gasteiger partial charge in [0.25, 0.3) is 5.91 Å². The SMILES string of the molecule is COCC(C)N(C)C(=O)c1cc(Cl)nc(Cl)c1. The number of rotatable bonds is 4. The number of ether oxygens (including phenoxy) is 1. The average molecular weight is 277 g/mol. The van der Waals surface area contributed by atoms with Crippen molar-refractivity contribution in [2.24, 2.45) is 0 Å². The lowest BCUT2D eigenvalue weighted by Gasteiger charge is -2.24. The van der Waals surface area contributed by atoms with Gasteiger partial charge < -0.3 is 9.64 Å². The second-order valence-corrected chi connectivity index (χ2v) is 4.50. The standard InChI is InChI=1S/C11H14Cl2N2O2/c1-7(6-17-3)15(2)11(16)8-4-9(12)14-10(13)5-8/h4-5,7H,6H2,1-3H3. The minimum absolute atomic E-state index is 0.0294. The summed E-state index contributed by atoms with van der Waals surface area (Å²) in [5, 5.41) is 0.405. The largest absolute Gasteiger partial charge is 0.383 e. The summed E-state index contributed by atoms with van der Waals surface area (Å²) in [6.07, 6.45) is 0. The highest BCUT2D eigenvalue weighted by molar-refractivity contribution is 6.33. The van der Waals surface area contributed by atoms with E-state index in [0.717, 1.165) is 0 Å². The molecule has 0 bridgehead atoms. The number of pyridine rings is 1. The van der Waals surface area contributed by atoms with Gasteiger partial charge in [-0.05, 0) is 19.1 Å². The van der Waals surface area contributed by atoms with Gasteiger partial charge in [-0.3, -0.25) is 4.79 Å². The molecule has 0 saturated heterocycles. The maximum atomic E-state index is 12.1. The van der Waals surface area contributed by atoms with Gasteiger partial charge in [0, 0.05) is 19.7 Å². The quantitative estimate of drug-likeness (QED) is 0.794. The second-order valence-electron chi connectivity index (χ2n) is 3.72. The van der Waals surface area contributed by atoms with Gasteiger partial charge in [-0.25, -0.2) is 4.98 Å². The lowest BCUT2D eigenvalue weighted by molar-refractivity contribution is 0.0633. The smallest absolute Gasteiger partial charge is 0.254 e.